The summed E-state index contributed by atoms with van der Waals surface area (Å²) in [6.07, 6.45) is -0.626. The third-order valence-electron chi connectivity index (χ3n) is 3.13. The largest absolute Gasteiger partial charge is 0.388 e. The molecule has 0 saturated heterocycles. The first-order chi connectivity index (χ1) is 9.58. The Hall–Kier alpha value is -1.30. The second kappa shape index (κ2) is 6.92. The molecule has 0 saturated carbocycles. The summed E-state index contributed by atoms with van der Waals surface area (Å²) in [6.45, 7) is 1.39. The maximum Gasteiger partial charge on any atom is 0.164 e. The molecule has 0 aliphatic heterocycles. The van der Waals surface area contributed by atoms with Crippen LogP contribution in [0.5, 0.6) is 0 Å². The van der Waals surface area contributed by atoms with Gasteiger partial charge in [0.05, 0.1) is 6.10 Å². The van der Waals surface area contributed by atoms with Gasteiger partial charge in [-0.3, -0.25) is 0 Å². The first-order valence-corrected chi connectivity index (χ1v) is 7.29. The van der Waals surface area contributed by atoms with E-state index in [-0.39, 0.29) is 5.56 Å². The molecule has 2 nitrogen and oxygen atoms in total. The van der Waals surface area contributed by atoms with Crippen molar-refractivity contribution in [3.63, 3.8) is 0 Å². The molecule has 0 aliphatic carbocycles. The molecule has 1 N–H and O–H groups in total. The predicted molar refractivity (Wildman–Crippen MR) is 76.6 cm³/mol. The van der Waals surface area contributed by atoms with Gasteiger partial charge in [-0.1, -0.05) is 18.2 Å². The summed E-state index contributed by atoms with van der Waals surface area (Å²) in [7, 11) is 1.94. The van der Waals surface area contributed by atoms with Crippen molar-refractivity contribution in [3.8, 4) is 0 Å². The summed E-state index contributed by atoms with van der Waals surface area (Å²) >= 11 is 1.67. The van der Waals surface area contributed by atoms with Crippen molar-refractivity contribution in [2.75, 3.05) is 13.6 Å². The van der Waals surface area contributed by atoms with Crippen LogP contribution in [0.15, 0.2) is 35.7 Å². The SMILES string of the molecule is CN(CCC(O)c1cccc(F)c1F)Cc1cccs1. The molecule has 0 amide bonds. The van der Waals surface area contributed by atoms with E-state index in [1.165, 1.54) is 17.0 Å². The first kappa shape index (κ1) is 15.1. The number of aliphatic hydroxyl groups is 1. The van der Waals surface area contributed by atoms with Gasteiger partial charge in [0.1, 0.15) is 0 Å². The molecule has 0 aliphatic rings. The monoisotopic (exact) mass is 297 g/mol. The van der Waals surface area contributed by atoms with Gasteiger partial charge in [-0.15, -0.1) is 11.3 Å². The van der Waals surface area contributed by atoms with Crippen LogP contribution >= 0.6 is 11.3 Å². The zero-order valence-corrected chi connectivity index (χ0v) is 12.0. The molecule has 108 valence electrons. The van der Waals surface area contributed by atoms with Gasteiger partial charge >= 0.3 is 0 Å². The first-order valence-electron chi connectivity index (χ1n) is 6.41. The highest BCUT2D eigenvalue weighted by Crippen LogP contribution is 2.22. The summed E-state index contributed by atoms with van der Waals surface area (Å²) in [6, 6.07) is 7.91. The molecule has 5 heteroatoms. The lowest BCUT2D eigenvalue weighted by Crippen LogP contribution is -2.20. The molecule has 0 spiro atoms. The van der Waals surface area contributed by atoms with E-state index < -0.39 is 17.7 Å². The zero-order valence-electron chi connectivity index (χ0n) is 11.2. The molecule has 0 fully saturated rings. The van der Waals surface area contributed by atoms with Gasteiger partial charge in [0.25, 0.3) is 0 Å². The second-order valence-electron chi connectivity index (χ2n) is 4.76. The van der Waals surface area contributed by atoms with Crippen LogP contribution in [0.3, 0.4) is 0 Å². The highest BCUT2D eigenvalue weighted by molar-refractivity contribution is 7.09. The van der Waals surface area contributed by atoms with Crippen molar-refractivity contribution in [2.45, 2.75) is 19.1 Å². The Kier molecular flexibility index (Phi) is 5.23. The van der Waals surface area contributed by atoms with Crippen molar-refractivity contribution >= 4 is 11.3 Å². The predicted octanol–water partition coefficient (Wildman–Crippen LogP) is 3.58. The Morgan fingerprint density at radius 2 is 2.05 bits per heavy atom. The molecule has 2 aromatic rings. The Balaban J connectivity index is 1.88. The van der Waals surface area contributed by atoms with E-state index in [1.807, 2.05) is 29.5 Å². The fourth-order valence-corrected chi connectivity index (χ4v) is 2.81. The van der Waals surface area contributed by atoms with E-state index in [4.69, 9.17) is 0 Å². The number of nitrogens with zero attached hydrogens (tertiary/aromatic N) is 1. The average Bonchev–Trinajstić information content (AvgIpc) is 2.92. The maximum absolute atomic E-state index is 13.5. The van der Waals surface area contributed by atoms with Crippen molar-refractivity contribution in [3.05, 3.63) is 57.8 Å². The molecular formula is C15H17F2NOS. The van der Waals surface area contributed by atoms with E-state index in [0.29, 0.717) is 13.0 Å². The molecular weight excluding hydrogens is 280 g/mol. The van der Waals surface area contributed by atoms with Gasteiger partial charge < -0.3 is 10.0 Å². The zero-order chi connectivity index (χ0) is 14.5. The van der Waals surface area contributed by atoms with Gasteiger partial charge in [0.15, 0.2) is 11.6 Å². The van der Waals surface area contributed by atoms with Crippen molar-refractivity contribution < 1.29 is 13.9 Å². The van der Waals surface area contributed by atoms with Gasteiger partial charge in [-0.25, -0.2) is 8.78 Å². The lowest BCUT2D eigenvalue weighted by Gasteiger charge is -2.18. The number of aliphatic hydroxyl groups excluding tert-OH is 1. The van der Waals surface area contributed by atoms with Gasteiger partial charge in [0, 0.05) is 23.5 Å². The van der Waals surface area contributed by atoms with Crippen LogP contribution in [-0.4, -0.2) is 23.6 Å². The average molecular weight is 297 g/mol. The van der Waals surface area contributed by atoms with Crippen molar-refractivity contribution in [2.24, 2.45) is 0 Å². The highest BCUT2D eigenvalue weighted by Gasteiger charge is 2.16. The lowest BCUT2D eigenvalue weighted by molar-refractivity contribution is 0.143. The number of benzene rings is 1. The van der Waals surface area contributed by atoms with E-state index in [1.54, 1.807) is 11.3 Å². The Morgan fingerprint density at radius 1 is 1.25 bits per heavy atom. The van der Waals surface area contributed by atoms with Gasteiger partial charge in [-0.05, 0) is 31.0 Å². The molecule has 1 atom stereocenters. The third-order valence-corrected chi connectivity index (χ3v) is 3.99. The van der Waals surface area contributed by atoms with Crippen molar-refractivity contribution in [1.29, 1.82) is 0 Å². The molecule has 20 heavy (non-hydrogen) atoms. The molecule has 2 rings (SSSR count). The number of thiophene rings is 1. The summed E-state index contributed by atoms with van der Waals surface area (Å²) in [5.41, 5.74) is 0.0227. The van der Waals surface area contributed by atoms with E-state index in [2.05, 4.69) is 0 Å². The van der Waals surface area contributed by atoms with E-state index >= 15 is 0 Å². The molecule has 1 aromatic carbocycles. The Bertz CT molecular complexity index is 545. The van der Waals surface area contributed by atoms with Crippen LogP contribution < -0.4 is 0 Å². The summed E-state index contributed by atoms with van der Waals surface area (Å²) < 4.78 is 26.6. The lowest BCUT2D eigenvalue weighted by atomic mass is 10.1. The van der Waals surface area contributed by atoms with Crippen LogP contribution in [0.2, 0.25) is 0 Å². The number of rotatable bonds is 6. The maximum atomic E-state index is 13.5. The van der Waals surface area contributed by atoms with Crippen LogP contribution in [0.4, 0.5) is 8.78 Å². The molecule has 1 heterocycles. The number of hydrogen-bond donors (Lipinski definition) is 1. The van der Waals surface area contributed by atoms with Crippen LogP contribution in [0, 0.1) is 11.6 Å². The fraction of sp³-hybridized carbons (Fsp3) is 0.333. The van der Waals surface area contributed by atoms with Crippen LogP contribution in [0.25, 0.3) is 0 Å². The molecule has 1 unspecified atom stereocenters. The van der Waals surface area contributed by atoms with Crippen molar-refractivity contribution in [1.82, 2.24) is 4.90 Å². The number of hydrogen-bond acceptors (Lipinski definition) is 3. The summed E-state index contributed by atoms with van der Waals surface area (Å²) in [5.74, 6) is -1.88. The van der Waals surface area contributed by atoms with E-state index in [0.717, 1.165) is 12.6 Å². The molecule has 0 bridgehead atoms. The summed E-state index contributed by atoms with van der Waals surface area (Å²) in [5, 5.41) is 12.0. The Labute approximate surface area is 121 Å². The Morgan fingerprint density at radius 3 is 2.75 bits per heavy atom. The smallest absolute Gasteiger partial charge is 0.164 e. The topological polar surface area (TPSA) is 23.5 Å². The normalized spacial score (nSPS) is 12.8. The molecule has 1 aromatic heterocycles. The van der Waals surface area contributed by atoms with Crippen LogP contribution in [0.1, 0.15) is 23.0 Å². The summed E-state index contributed by atoms with van der Waals surface area (Å²) in [4.78, 5) is 3.28. The van der Waals surface area contributed by atoms with Gasteiger partial charge in [0.2, 0.25) is 0 Å². The minimum Gasteiger partial charge on any atom is -0.388 e. The van der Waals surface area contributed by atoms with Crippen LogP contribution in [-0.2, 0) is 6.54 Å². The fourth-order valence-electron chi connectivity index (χ4n) is 2.02. The highest BCUT2D eigenvalue weighted by atomic mass is 32.1. The third kappa shape index (κ3) is 3.85. The van der Waals surface area contributed by atoms with Gasteiger partial charge in [-0.2, -0.15) is 0 Å². The minimum absolute atomic E-state index is 0.0227. The van der Waals surface area contributed by atoms with E-state index in [9.17, 15) is 13.9 Å². The number of halogens is 2. The molecule has 0 radical (unpaired) electrons. The quantitative estimate of drug-likeness (QED) is 0.881. The minimum atomic E-state index is -0.989. The standard InChI is InChI=1S/C15H17F2NOS/c1-18(10-11-4-3-9-20-11)8-7-14(19)12-5-2-6-13(16)15(12)17/h2-6,9,14,19H,7-8,10H2,1H3. The second-order valence-corrected chi connectivity index (χ2v) is 5.80.